The average molecular weight is 316 g/mol. The molecule has 2 rings (SSSR count). The Kier molecular flexibility index (Phi) is 4.41. The van der Waals surface area contributed by atoms with Crippen molar-refractivity contribution in [1.82, 2.24) is 4.90 Å². The predicted molar refractivity (Wildman–Crippen MR) is 74.1 cm³/mol. The number of likely N-dealkylation sites (tertiary alicyclic amines) is 1. The third-order valence-electron chi connectivity index (χ3n) is 3.67. The van der Waals surface area contributed by atoms with Crippen LogP contribution in [0.1, 0.15) is 24.8 Å². The summed E-state index contributed by atoms with van der Waals surface area (Å²) in [5, 5.41) is 10.7. The van der Waals surface area contributed by atoms with Crippen LogP contribution in [0.2, 0.25) is 0 Å². The van der Waals surface area contributed by atoms with Crippen molar-refractivity contribution in [3.8, 4) is 0 Å². The van der Waals surface area contributed by atoms with Crippen LogP contribution in [0.3, 0.4) is 0 Å². The van der Waals surface area contributed by atoms with Crippen molar-refractivity contribution in [2.45, 2.75) is 31.3 Å². The van der Waals surface area contributed by atoms with E-state index in [0.29, 0.717) is 6.42 Å². The van der Waals surface area contributed by atoms with Crippen molar-refractivity contribution in [1.29, 1.82) is 0 Å². The Morgan fingerprint density at radius 3 is 2.94 bits per heavy atom. The van der Waals surface area contributed by atoms with Gasteiger partial charge in [0.15, 0.2) is 0 Å². The second-order valence-corrected chi connectivity index (χ2v) is 6.15. The standard InChI is InChI=1S/C14H19BrFNO/c1-17-7-2-5-14(18,6-8-17)10-11-9-12(16)3-4-13(11)15/h3-4,9,18H,2,5-8,10H2,1H3. The highest BCUT2D eigenvalue weighted by Crippen LogP contribution is 2.29. The van der Waals surface area contributed by atoms with Gasteiger partial charge in [0, 0.05) is 17.4 Å². The molecule has 1 fully saturated rings. The van der Waals surface area contributed by atoms with Crippen LogP contribution >= 0.6 is 15.9 Å². The van der Waals surface area contributed by atoms with E-state index < -0.39 is 5.60 Å². The summed E-state index contributed by atoms with van der Waals surface area (Å²) in [6.07, 6.45) is 3.02. The summed E-state index contributed by atoms with van der Waals surface area (Å²) in [6, 6.07) is 4.64. The van der Waals surface area contributed by atoms with E-state index in [1.807, 2.05) is 0 Å². The van der Waals surface area contributed by atoms with Gasteiger partial charge in [0.25, 0.3) is 0 Å². The van der Waals surface area contributed by atoms with Crippen molar-refractivity contribution < 1.29 is 9.50 Å². The molecule has 1 aromatic carbocycles. The Morgan fingerprint density at radius 1 is 1.39 bits per heavy atom. The zero-order valence-corrected chi connectivity index (χ0v) is 12.2. The summed E-state index contributed by atoms with van der Waals surface area (Å²) in [7, 11) is 2.07. The molecule has 1 aliphatic rings. The molecular formula is C14H19BrFNO. The molecule has 0 spiro atoms. The summed E-state index contributed by atoms with van der Waals surface area (Å²) in [4.78, 5) is 2.23. The van der Waals surface area contributed by atoms with E-state index in [4.69, 9.17) is 0 Å². The highest BCUT2D eigenvalue weighted by atomic mass is 79.9. The highest BCUT2D eigenvalue weighted by molar-refractivity contribution is 9.10. The van der Waals surface area contributed by atoms with Gasteiger partial charge in [0.1, 0.15) is 5.82 Å². The molecule has 1 atom stereocenters. The maximum Gasteiger partial charge on any atom is 0.123 e. The largest absolute Gasteiger partial charge is 0.389 e. The summed E-state index contributed by atoms with van der Waals surface area (Å²) >= 11 is 3.42. The van der Waals surface area contributed by atoms with E-state index >= 15 is 0 Å². The zero-order chi connectivity index (χ0) is 13.2. The minimum atomic E-state index is -0.707. The SMILES string of the molecule is CN1CCCC(O)(Cc2cc(F)ccc2Br)CC1. The molecule has 1 aromatic rings. The van der Waals surface area contributed by atoms with E-state index in [-0.39, 0.29) is 5.82 Å². The summed E-state index contributed by atoms with van der Waals surface area (Å²) < 4.78 is 14.1. The Morgan fingerprint density at radius 2 is 2.17 bits per heavy atom. The second kappa shape index (κ2) is 5.68. The van der Waals surface area contributed by atoms with Gasteiger partial charge in [-0.3, -0.25) is 0 Å². The van der Waals surface area contributed by atoms with Crippen molar-refractivity contribution in [3.05, 3.63) is 34.1 Å². The van der Waals surface area contributed by atoms with Crippen LogP contribution < -0.4 is 0 Å². The molecule has 1 saturated heterocycles. The van der Waals surface area contributed by atoms with Crippen LogP contribution in [-0.4, -0.2) is 35.7 Å². The molecule has 0 bridgehead atoms. The lowest BCUT2D eigenvalue weighted by atomic mass is 9.88. The fourth-order valence-corrected chi connectivity index (χ4v) is 2.91. The number of nitrogens with zero attached hydrogens (tertiary/aromatic N) is 1. The quantitative estimate of drug-likeness (QED) is 0.907. The second-order valence-electron chi connectivity index (χ2n) is 5.29. The van der Waals surface area contributed by atoms with E-state index in [1.165, 1.54) is 12.1 Å². The molecule has 2 nitrogen and oxygen atoms in total. The summed E-state index contributed by atoms with van der Waals surface area (Å²) in [6.45, 7) is 1.91. The first-order valence-electron chi connectivity index (χ1n) is 6.33. The molecule has 4 heteroatoms. The molecule has 0 amide bonds. The molecule has 100 valence electrons. The lowest BCUT2D eigenvalue weighted by molar-refractivity contribution is 0.0261. The van der Waals surface area contributed by atoms with Gasteiger partial charge < -0.3 is 10.0 Å². The first-order chi connectivity index (χ1) is 8.48. The number of benzene rings is 1. The number of hydrogen-bond acceptors (Lipinski definition) is 2. The number of rotatable bonds is 2. The van der Waals surface area contributed by atoms with E-state index in [2.05, 4.69) is 27.9 Å². The molecule has 18 heavy (non-hydrogen) atoms. The van der Waals surface area contributed by atoms with Gasteiger partial charge in [-0.2, -0.15) is 0 Å². The maximum absolute atomic E-state index is 13.3. The molecule has 0 aliphatic carbocycles. The third-order valence-corrected chi connectivity index (χ3v) is 4.44. The van der Waals surface area contributed by atoms with Gasteiger partial charge in [-0.1, -0.05) is 15.9 Å². The number of aliphatic hydroxyl groups is 1. The van der Waals surface area contributed by atoms with Crippen LogP contribution in [0.4, 0.5) is 4.39 Å². The van der Waals surface area contributed by atoms with Crippen molar-refractivity contribution >= 4 is 15.9 Å². The molecule has 1 unspecified atom stereocenters. The normalized spacial score (nSPS) is 26.0. The van der Waals surface area contributed by atoms with Gasteiger partial charge in [0.05, 0.1) is 5.60 Å². The smallest absolute Gasteiger partial charge is 0.123 e. The van der Waals surface area contributed by atoms with Crippen LogP contribution in [0.5, 0.6) is 0 Å². The Labute approximate surface area is 116 Å². The van der Waals surface area contributed by atoms with Crippen molar-refractivity contribution in [3.63, 3.8) is 0 Å². The fraction of sp³-hybridized carbons (Fsp3) is 0.571. The highest BCUT2D eigenvalue weighted by Gasteiger charge is 2.30. The van der Waals surface area contributed by atoms with Gasteiger partial charge in [-0.05, 0) is 56.6 Å². The van der Waals surface area contributed by atoms with E-state index in [1.54, 1.807) is 6.07 Å². The molecule has 1 heterocycles. The Bertz CT molecular complexity index is 426. The minimum absolute atomic E-state index is 0.248. The third kappa shape index (κ3) is 3.53. The van der Waals surface area contributed by atoms with Crippen LogP contribution in [0, 0.1) is 5.82 Å². The van der Waals surface area contributed by atoms with Crippen LogP contribution in [-0.2, 0) is 6.42 Å². The molecule has 0 saturated carbocycles. The van der Waals surface area contributed by atoms with Gasteiger partial charge >= 0.3 is 0 Å². The van der Waals surface area contributed by atoms with E-state index in [0.717, 1.165) is 42.4 Å². The Hall–Kier alpha value is -0.450. The predicted octanol–water partition coefficient (Wildman–Crippen LogP) is 2.98. The van der Waals surface area contributed by atoms with Gasteiger partial charge in [0.2, 0.25) is 0 Å². The number of hydrogen-bond donors (Lipinski definition) is 1. The van der Waals surface area contributed by atoms with Gasteiger partial charge in [-0.15, -0.1) is 0 Å². The fourth-order valence-electron chi connectivity index (χ4n) is 2.52. The average Bonchev–Trinajstić information content (AvgIpc) is 2.47. The first-order valence-corrected chi connectivity index (χ1v) is 7.13. The molecule has 1 aliphatic heterocycles. The molecular weight excluding hydrogens is 297 g/mol. The van der Waals surface area contributed by atoms with Crippen molar-refractivity contribution in [2.75, 3.05) is 20.1 Å². The van der Waals surface area contributed by atoms with E-state index in [9.17, 15) is 9.50 Å². The Balaban J connectivity index is 2.13. The lowest BCUT2D eigenvalue weighted by Gasteiger charge is -2.27. The zero-order valence-electron chi connectivity index (χ0n) is 10.6. The minimum Gasteiger partial charge on any atom is -0.389 e. The lowest BCUT2D eigenvalue weighted by Crippen LogP contribution is -2.33. The monoisotopic (exact) mass is 315 g/mol. The van der Waals surface area contributed by atoms with Crippen LogP contribution in [0.15, 0.2) is 22.7 Å². The van der Waals surface area contributed by atoms with Crippen LogP contribution in [0.25, 0.3) is 0 Å². The topological polar surface area (TPSA) is 23.5 Å². The molecule has 1 N–H and O–H groups in total. The summed E-state index contributed by atoms with van der Waals surface area (Å²) in [5.41, 5.74) is 0.142. The molecule has 0 radical (unpaired) electrons. The first kappa shape index (κ1) is 14.0. The summed E-state index contributed by atoms with van der Waals surface area (Å²) in [5.74, 6) is -0.248. The van der Waals surface area contributed by atoms with Gasteiger partial charge in [-0.25, -0.2) is 4.39 Å². The maximum atomic E-state index is 13.3. The molecule has 0 aromatic heterocycles. The van der Waals surface area contributed by atoms with Crippen molar-refractivity contribution in [2.24, 2.45) is 0 Å². The number of halogens is 2.